The summed E-state index contributed by atoms with van der Waals surface area (Å²) in [5.74, 6) is 0. The van der Waals surface area contributed by atoms with E-state index in [1.54, 1.807) is 0 Å². The highest BCUT2D eigenvalue weighted by Gasteiger charge is 2.00. The molecule has 0 saturated carbocycles. The molecule has 4 heteroatoms. The van der Waals surface area contributed by atoms with Gasteiger partial charge in [0, 0.05) is 12.2 Å². The van der Waals surface area contributed by atoms with Gasteiger partial charge in [-0.3, -0.25) is 0 Å². The van der Waals surface area contributed by atoms with Gasteiger partial charge in [0.1, 0.15) is 0 Å². The quantitative estimate of drug-likeness (QED) is 0.717. The van der Waals surface area contributed by atoms with Gasteiger partial charge in [0.15, 0.2) is 0 Å². The summed E-state index contributed by atoms with van der Waals surface area (Å²) >= 11 is 0. The second kappa shape index (κ2) is 4.01. The predicted molar refractivity (Wildman–Crippen MR) is 45.8 cm³/mol. The van der Waals surface area contributed by atoms with Gasteiger partial charge >= 0.3 is 6.01 Å². The highest BCUT2D eigenvalue weighted by Crippen LogP contribution is 2.05. The Balaban J connectivity index is 2.90. The minimum Gasteiger partial charge on any atom is -0.464 e. The number of nitrogens with two attached hydrogens (primary N) is 1. The molecule has 0 aromatic carbocycles. The average Bonchev–Trinajstić information content (AvgIpc) is 2.04. The van der Waals surface area contributed by atoms with Gasteiger partial charge in [-0.25, -0.2) is 4.98 Å². The van der Waals surface area contributed by atoms with Crippen LogP contribution in [0.5, 0.6) is 6.01 Å². The lowest BCUT2D eigenvalue weighted by Gasteiger charge is -2.03. The second-order valence-corrected chi connectivity index (χ2v) is 2.42. The van der Waals surface area contributed by atoms with Crippen molar-refractivity contribution in [2.45, 2.75) is 20.4 Å². The van der Waals surface area contributed by atoms with Crippen LogP contribution in [0, 0.1) is 6.92 Å². The molecular formula is C8H13N3O. The Bertz CT molecular complexity index is 262. The van der Waals surface area contributed by atoms with Crippen molar-refractivity contribution in [3.8, 4) is 6.01 Å². The summed E-state index contributed by atoms with van der Waals surface area (Å²) in [5, 5.41) is 0. The summed E-state index contributed by atoms with van der Waals surface area (Å²) in [6.45, 7) is 4.79. The van der Waals surface area contributed by atoms with E-state index in [-0.39, 0.29) is 0 Å². The van der Waals surface area contributed by atoms with Crippen LogP contribution in [0.4, 0.5) is 0 Å². The molecule has 1 rings (SSSR count). The molecule has 0 spiro atoms. The Morgan fingerprint density at radius 2 is 2.25 bits per heavy atom. The Morgan fingerprint density at radius 1 is 1.50 bits per heavy atom. The van der Waals surface area contributed by atoms with Gasteiger partial charge in [0.25, 0.3) is 0 Å². The van der Waals surface area contributed by atoms with E-state index in [9.17, 15) is 0 Å². The predicted octanol–water partition coefficient (Wildman–Crippen LogP) is 0.642. The van der Waals surface area contributed by atoms with E-state index in [1.807, 2.05) is 19.9 Å². The molecule has 0 atom stereocenters. The van der Waals surface area contributed by atoms with Gasteiger partial charge in [-0.2, -0.15) is 4.98 Å². The van der Waals surface area contributed by atoms with Crippen molar-refractivity contribution in [1.82, 2.24) is 9.97 Å². The third kappa shape index (κ3) is 2.17. The normalized spacial score (nSPS) is 9.92. The second-order valence-electron chi connectivity index (χ2n) is 2.42. The molecule has 0 amide bonds. The fourth-order valence-electron chi connectivity index (χ4n) is 0.903. The molecule has 1 aromatic heterocycles. The molecule has 66 valence electrons. The van der Waals surface area contributed by atoms with Gasteiger partial charge in [-0.1, -0.05) is 0 Å². The van der Waals surface area contributed by atoms with Crippen LogP contribution >= 0.6 is 0 Å². The molecular weight excluding hydrogens is 154 g/mol. The lowest BCUT2D eigenvalue weighted by atomic mass is 10.3. The molecule has 1 aromatic rings. The summed E-state index contributed by atoms with van der Waals surface area (Å²) < 4.78 is 5.15. The van der Waals surface area contributed by atoms with Crippen LogP contribution in [0.2, 0.25) is 0 Å². The molecule has 0 fully saturated rings. The van der Waals surface area contributed by atoms with Crippen molar-refractivity contribution in [1.29, 1.82) is 0 Å². The number of ether oxygens (including phenoxy) is 1. The monoisotopic (exact) mass is 167 g/mol. The maximum atomic E-state index is 5.44. The van der Waals surface area contributed by atoms with E-state index < -0.39 is 0 Å². The van der Waals surface area contributed by atoms with Crippen molar-refractivity contribution >= 4 is 0 Å². The van der Waals surface area contributed by atoms with Crippen LogP contribution in [-0.4, -0.2) is 16.6 Å². The minimum absolute atomic E-state index is 0.415. The zero-order valence-electron chi connectivity index (χ0n) is 7.37. The maximum absolute atomic E-state index is 5.44. The molecule has 0 aliphatic carbocycles. The number of hydrogen-bond donors (Lipinski definition) is 1. The molecule has 1 heterocycles. The van der Waals surface area contributed by atoms with Crippen LogP contribution < -0.4 is 10.5 Å². The van der Waals surface area contributed by atoms with Crippen LogP contribution in [0.1, 0.15) is 18.3 Å². The summed E-state index contributed by atoms with van der Waals surface area (Å²) in [7, 11) is 0. The maximum Gasteiger partial charge on any atom is 0.316 e. The van der Waals surface area contributed by atoms with Crippen LogP contribution in [-0.2, 0) is 6.54 Å². The van der Waals surface area contributed by atoms with Crippen molar-refractivity contribution < 1.29 is 4.74 Å². The van der Waals surface area contributed by atoms with Crippen molar-refractivity contribution in [2.75, 3.05) is 6.61 Å². The Kier molecular flexibility index (Phi) is 2.99. The molecule has 0 saturated heterocycles. The van der Waals surface area contributed by atoms with E-state index in [2.05, 4.69) is 9.97 Å². The van der Waals surface area contributed by atoms with E-state index in [4.69, 9.17) is 10.5 Å². The summed E-state index contributed by atoms with van der Waals surface area (Å²) in [5.41, 5.74) is 7.13. The van der Waals surface area contributed by atoms with Crippen molar-refractivity contribution in [3.05, 3.63) is 17.5 Å². The Morgan fingerprint density at radius 3 is 2.83 bits per heavy atom. The number of aryl methyl sites for hydroxylation is 1. The first-order chi connectivity index (χ1) is 5.76. The lowest BCUT2D eigenvalue weighted by Crippen LogP contribution is -2.05. The Labute approximate surface area is 71.8 Å². The molecule has 2 N–H and O–H groups in total. The average molecular weight is 167 g/mol. The highest BCUT2D eigenvalue weighted by molar-refractivity contribution is 5.12. The van der Waals surface area contributed by atoms with Crippen LogP contribution in [0.15, 0.2) is 6.07 Å². The Hall–Kier alpha value is -1.16. The first kappa shape index (κ1) is 8.93. The van der Waals surface area contributed by atoms with E-state index >= 15 is 0 Å². The van der Waals surface area contributed by atoms with Gasteiger partial charge in [0.2, 0.25) is 0 Å². The topological polar surface area (TPSA) is 61.0 Å². The van der Waals surface area contributed by atoms with Gasteiger partial charge < -0.3 is 10.5 Å². The van der Waals surface area contributed by atoms with Crippen molar-refractivity contribution in [2.24, 2.45) is 5.73 Å². The molecule has 0 aliphatic rings. The number of hydrogen-bond acceptors (Lipinski definition) is 4. The SMILES string of the molecule is CCOc1nc(C)cc(CN)n1. The molecule has 0 radical (unpaired) electrons. The highest BCUT2D eigenvalue weighted by atomic mass is 16.5. The summed E-state index contributed by atoms with van der Waals surface area (Å²) in [4.78, 5) is 8.17. The number of rotatable bonds is 3. The molecule has 0 bridgehead atoms. The van der Waals surface area contributed by atoms with Crippen LogP contribution in [0.25, 0.3) is 0 Å². The smallest absolute Gasteiger partial charge is 0.316 e. The first-order valence-corrected chi connectivity index (χ1v) is 3.93. The number of aromatic nitrogens is 2. The molecule has 4 nitrogen and oxygen atoms in total. The standard InChI is InChI=1S/C8H13N3O/c1-3-12-8-10-6(2)4-7(5-9)11-8/h4H,3,5,9H2,1-2H3. The molecule has 0 unspecified atom stereocenters. The van der Waals surface area contributed by atoms with Crippen LogP contribution in [0.3, 0.4) is 0 Å². The van der Waals surface area contributed by atoms with E-state index in [0.717, 1.165) is 11.4 Å². The molecule has 0 aliphatic heterocycles. The van der Waals surface area contributed by atoms with Gasteiger partial charge in [0.05, 0.1) is 12.3 Å². The third-order valence-electron chi connectivity index (χ3n) is 1.37. The summed E-state index contributed by atoms with van der Waals surface area (Å²) in [6, 6.07) is 2.26. The fraction of sp³-hybridized carbons (Fsp3) is 0.500. The van der Waals surface area contributed by atoms with Gasteiger partial charge in [-0.15, -0.1) is 0 Å². The third-order valence-corrected chi connectivity index (χ3v) is 1.37. The largest absolute Gasteiger partial charge is 0.464 e. The van der Waals surface area contributed by atoms with Gasteiger partial charge in [-0.05, 0) is 19.9 Å². The summed E-state index contributed by atoms with van der Waals surface area (Å²) in [6.07, 6.45) is 0. The first-order valence-electron chi connectivity index (χ1n) is 3.93. The zero-order chi connectivity index (χ0) is 8.97. The zero-order valence-corrected chi connectivity index (χ0v) is 7.37. The lowest BCUT2D eigenvalue weighted by molar-refractivity contribution is 0.310. The fourth-order valence-corrected chi connectivity index (χ4v) is 0.903. The molecule has 12 heavy (non-hydrogen) atoms. The van der Waals surface area contributed by atoms with E-state index in [0.29, 0.717) is 19.2 Å². The minimum atomic E-state index is 0.415. The number of nitrogens with zero attached hydrogens (tertiary/aromatic N) is 2. The van der Waals surface area contributed by atoms with Crippen molar-refractivity contribution in [3.63, 3.8) is 0 Å². The van der Waals surface area contributed by atoms with E-state index in [1.165, 1.54) is 0 Å².